The number of nitrogens with zero attached hydrogens (tertiary/aromatic N) is 2. The summed E-state index contributed by atoms with van der Waals surface area (Å²) in [7, 11) is 0. The number of aromatic nitrogens is 3. The summed E-state index contributed by atoms with van der Waals surface area (Å²) in [6.45, 7) is 7.89. The molecule has 0 aliphatic heterocycles. The third-order valence-electron chi connectivity index (χ3n) is 3.81. The standard InChI is InChI=1S/C19H21N3O2/c1-12(2)24-17-8-6-16(7-9-17)22-11-15(5-10-18(22)23)19-13(3)20-21-14(19)4/h5-12H,1-4H3,(H,20,21). The summed E-state index contributed by atoms with van der Waals surface area (Å²) >= 11 is 0. The number of benzene rings is 1. The van der Waals surface area contributed by atoms with Crippen molar-refractivity contribution in [2.24, 2.45) is 0 Å². The van der Waals surface area contributed by atoms with Gasteiger partial charge in [0.1, 0.15) is 5.75 Å². The summed E-state index contributed by atoms with van der Waals surface area (Å²) in [5, 5.41) is 7.21. The molecular weight excluding hydrogens is 302 g/mol. The van der Waals surface area contributed by atoms with Crippen LogP contribution in [0.1, 0.15) is 25.2 Å². The number of aromatic amines is 1. The van der Waals surface area contributed by atoms with Crippen LogP contribution >= 0.6 is 0 Å². The minimum Gasteiger partial charge on any atom is -0.491 e. The van der Waals surface area contributed by atoms with Gasteiger partial charge in [-0.1, -0.05) is 0 Å². The Bertz CT molecular complexity index is 886. The maximum atomic E-state index is 12.3. The first-order valence-electron chi connectivity index (χ1n) is 7.97. The number of hydrogen-bond acceptors (Lipinski definition) is 3. The van der Waals surface area contributed by atoms with E-state index in [0.29, 0.717) is 0 Å². The lowest BCUT2D eigenvalue weighted by molar-refractivity contribution is 0.242. The highest BCUT2D eigenvalue weighted by Gasteiger charge is 2.11. The first-order valence-corrected chi connectivity index (χ1v) is 7.97. The average Bonchev–Trinajstić information content (AvgIpc) is 2.87. The number of aryl methyl sites for hydroxylation is 2. The molecule has 0 atom stereocenters. The quantitative estimate of drug-likeness (QED) is 0.797. The third-order valence-corrected chi connectivity index (χ3v) is 3.81. The lowest BCUT2D eigenvalue weighted by Gasteiger charge is -2.12. The van der Waals surface area contributed by atoms with Gasteiger partial charge in [0.15, 0.2) is 0 Å². The molecule has 0 amide bonds. The highest BCUT2D eigenvalue weighted by Crippen LogP contribution is 2.25. The van der Waals surface area contributed by atoms with Crippen molar-refractivity contribution in [2.45, 2.75) is 33.8 Å². The fraction of sp³-hybridized carbons (Fsp3) is 0.263. The van der Waals surface area contributed by atoms with Crippen LogP contribution in [0.5, 0.6) is 5.75 Å². The van der Waals surface area contributed by atoms with E-state index in [4.69, 9.17) is 4.74 Å². The number of pyridine rings is 1. The van der Waals surface area contributed by atoms with Crippen LogP contribution in [0.3, 0.4) is 0 Å². The molecule has 5 nitrogen and oxygen atoms in total. The summed E-state index contributed by atoms with van der Waals surface area (Å²) in [6.07, 6.45) is 1.97. The molecular formula is C19H21N3O2. The average molecular weight is 323 g/mol. The number of nitrogens with one attached hydrogen (secondary N) is 1. The monoisotopic (exact) mass is 323 g/mol. The van der Waals surface area contributed by atoms with E-state index in [9.17, 15) is 4.79 Å². The van der Waals surface area contributed by atoms with Crippen molar-refractivity contribution in [1.29, 1.82) is 0 Å². The maximum Gasteiger partial charge on any atom is 0.255 e. The molecule has 0 radical (unpaired) electrons. The van der Waals surface area contributed by atoms with Crippen LogP contribution in [0, 0.1) is 13.8 Å². The molecule has 0 aliphatic carbocycles. The van der Waals surface area contributed by atoms with Gasteiger partial charge in [0.2, 0.25) is 0 Å². The zero-order chi connectivity index (χ0) is 17.3. The summed E-state index contributed by atoms with van der Waals surface area (Å²) in [5.74, 6) is 0.791. The van der Waals surface area contributed by atoms with Gasteiger partial charge in [-0.15, -0.1) is 0 Å². The van der Waals surface area contributed by atoms with E-state index < -0.39 is 0 Å². The van der Waals surface area contributed by atoms with E-state index in [-0.39, 0.29) is 11.7 Å². The molecule has 5 heteroatoms. The van der Waals surface area contributed by atoms with Crippen LogP contribution in [-0.2, 0) is 0 Å². The van der Waals surface area contributed by atoms with Crippen molar-refractivity contribution in [2.75, 3.05) is 0 Å². The Balaban J connectivity index is 2.02. The molecule has 3 rings (SSSR count). The second-order valence-electron chi connectivity index (χ2n) is 6.10. The molecule has 0 spiro atoms. The smallest absolute Gasteiger partial charge is 0.255 e. The molecule has 0 fully saturated rings. The molecule has 2 aromatic heterocycles. The van der Waals surface area contributed by atoms with Crippen molar-refractivity contribution in [3.8, 4) is 22.6 Å². The Morgan fingerprint density at radius 3 is 2.38 bits per heavy atom. The van der Waals surface area contributed by atoms with Crippen molar-refractivity contribution >= 4 is 0 Å². The van der Waals surface area contributed by atoms with Gasteiger partial charge >= 0.3 is 0 Å². The molecule has 24 heavy (non-hydrogen) atoms. The van der Waals surface area contributed by atoms with Gasteiger partial charge in [0, 0.05) is 34.8 Å². The van der Waals surface area contributed by atoms with Crippen molar-refractivity contribution in [1.82, 2.24) is 14.8 Å². The van der Waals surface area contributed by atoms with Crippen molar-refractivity contribution in [3.05, 3.63) is 64.3 Å². The molecule has 1 N–H and O–H groups in total. The van der Waals surface area contributed by atoms with Gasteiger partial charge in [-0.05, 0) is 58.0 Å². The molecule has 0 saturated heterocycles. The summed E-state index contributed by atoms with van der Waals surface area (Å²) < 4.78 is 7.29. The summed E-state index contributed by atoms with van der Waals surface area (Å²) in [5.41, 5.74) is 4.62. The third kappa shape index (κ3) is 3.11. The summed E-state index contributed by atoms with van der Waals surface area (Å²) in [4.78, 5) is 12.3. The van der Waals surface area contributed by atoms with Crippen LogP contribution in [0.4, 0.5) is 0 Å². The SMILES string of the molecule is Cc1n[nH]c(C)c1-c1ccc(=O)n(-c2ccc(OC(C)C)cc2)c1. The first-order chi connectivity index (χ1) is 11.5. The number of rotatable bonds is 4. The molecule has 0 aliphatic rings. The fourth-order valence-electron chi connectivity index (χ4n) is 2.77. The van der Waals surface area contributed by atoms with Gasteiger partial charge < -0.3 is 4.74 Å². The van der Waals surface area contributed by atoms with E-state index in [2.05, 4.69) is 10.2 Å². The van der Waals surface area contributed by atoms with Gasteiger partial charge in [-0.25, -0.2) is 0 Å². The van der Waals surface area contributed by atoms with Gasteiger partial charge in [0.05, 0.1) is 11.8 Å². The lowest BCUT2D eigenvalue weighted by Crippen LogP contribution is -2.16. The molecule has 0 bridgehead atoms. The highest BCUT2D eigenvalue weighted by molar-refractivity contribution is 5.67. The Labute approximate surface area is 140 Å². The first kappa shape index (κ1) is 16.1. The normalized spacial score (nSPS) is 11.0. The minimum atomic E-state index is -0.0740. The lowest BCUT2D eigenvalue weighted by atomic mass is 10.1. The van der Waals surface area contributed by atoms with E-state index in [1.807, 2.05) is 64.2 Å². The largest absolute Gasteiger partial charge is 0.491 e. The van der Waals surface area contributed by atoms with Crippen LogP contribution in [0.15, 0.2) is 47.4 Å². The Morgan fingerprint density at radius 1 is 1.08 bits per heavy atom. The summed E-state index contributed by atoms with van der Waals surface area (Å²) in [6, 6.07) is 10.9. The minimum absolute atomic E-state index is 0.0740. The fourth-order valence-corrected chi connectivity index (χ4v) is 2.77. The van der Waals surface area contributed by atoms with E-state index in [0.717, 1.165) is 34.0 Å². The van der Waals surface area contributed by atoms with Crippen molar-refractivity contribution < 1.29 is 4.74 Å². The van der Waals surface area contributed by atoms with E-state index in [1.54, 1.807) is 10.6 Å². The topological polar surface area (TPSA) is 59.9 Å². The second kappa shape index (κ2) is 6.35. The highest BCUT2D eigenvalue weighted by atomic mass is 16.5. The van der Waals surface area contributed by atoms with Gasteiger partial charge in [-0.2, -0.15) is 5.10 Å². The Kier molecular flexibility index (Phi) is 4.25. The molecule has 2 heterocycles. The van der Waals surface area contributed by atoms with Gasteiger partial charge in [-0.3, -0.25) is 14.5 Å². The van der Waals surface area contributed by atoms with E-state index >= 15 is 0 Å². The van der Waals surface area contributed by atoms with E-state index in [1.165, 1.54) is 0 Å². The predicted molar refractivity (Wildman–Crippen MR) is 94.9 cm³/mol. The maximum absolute atomic E-state index is 12.3. The van der Waals surface area contributed by atoms with Gasteiger partial charge in [0.25, 0.3) is 5.56 Å². The number of ether oxygens (including phenoxy) is 1. The second-order valence-corrected chi connectivity index (χ2v) is 6.10. The number of H-pyrrole nitrogens is 1. The Hall–Kier alpha value is -2.82. The molecule has 1 aromatic carbocycles. The zero-order valence-electron chi connectivity index (χ0n) is 14.3. The van der Waals surface area contributed by atoms with Crippen molar-refractivity contribution in [3.63, 3.8) is 0 Å². The number of hydrogen-bond donors (Lipinski definition) is 1. The van der Waals surface area contributed by atoms with Crippen LogP contribution in [0.25, 0.3) is 16.8 Å². The molecule has 124 valence electrons. The molecule has 0 unspecified atom stereocenters. The van der Waals surface area contributed by atoms with Crippen LogP contribution < -0.4 is 10.3 Å². The predicted octanol–water partition coefficient (Wildman–Crippen LogP) is 3.63. The molecule has 3 aromatic rings. The Morgan fingerprint density at radius 2 is 1.79 bits per heavy atom. The zero-order valence-corrected chi connectivity index (χ0v) is 14.3. The molecule has 0 saturated carbocycles. The van der Waals surface area contributed by atoms with Crippen LogP contribution in [0.2, 0.25) is 0 Å². The van der Waals surface area contributed by atoms with Crippen LogP contribution in [-0.4, -0.2) is 20.9 Å².